The molecule has 0 unspecified atom stereocenters. The van der Waals surface area contributed by atoms with Crippen molar-refractivity contribution in [1.82, 2.24) is 0 Å². The van der Waals surface area contributed by atoms with Gasteiger partial charge in [0.1, 0.15) is 6.61 Å². The third kappa shape index (κ3) is 5.28. The second-order valence-corrected chi connectivity index (χ2v) is 6.80. The Kier molecular flexibility index (Phi) is 6.24. The molecule has 5 heteroatoms. The molecule has 0 spiro atoms. The monoisotopic (exact) mass is 411 g/mol. The first-order valence-electron chi connectivity index (χ1n) is 9.82. The predicted octanol–water partition coefficient (Wildman–Crippen LogP) is 5.28. The maximum atomic E-state index is 12.2. The molecule has 154 valence electrons. The topological polar surface area (TPSA) is 57.1 Å². The number of carbonyl (C=O) groups is 1. The average molecular weight is 411 g/mol. The number of esters is 1. The number of ether oxygens (including phenoxy) is 3. The Morgan fingerprint density at radius 1 is 0.871 bits per heavy atom. The summed E-state index contributed by atoms with van der Waals surface area (Å²) in [6, 6.07) is 25.1. The Balaban J connectivity index is 1.49. The van der Waals surface area contributed by atoms with Crippen LogP contribution in [0, 0.1) is 0 Å². The van der Waals surface area contributed by atoms with Crippen LogP contribution in [0.1, 0.15) is 16.7 Å². The molecule has 0 saturated heterocycles. The molecule has 31 heavy (non-hydrogen) atoms. The molecule has 0 aromatic heterocycles. The number of carbonyl (C=O) groups excluding carboxylic acids is 1. The molecule has 0 bridgehead atoms. The van der Waals surface area contributed by atoms with Crippen molar-refractivity contribution in [3.05, 3.63) is 107 Å². The highest BCUT2D eigenvalue weighted by molar-refractivity contribution is 6.11. The molecule has 0 atom stereocenters. The van der Waals surface area contributed by atoms with E-state index in [1.807, 2.05) is 78.9 Å². The second-order valence-electron chi connectivity index (χ2n) is 6.80. The Hall–Kier alpha value is -4.12. The fraction of sp³-hybridized carbons (Fsp3) is 0.0769. The van der Waals surface area contributed by atoms with Crippen molar-refractivity contribution in [1.29, 1.82) is 0 Å². The lowest BCUT2D eigenvalue weighted by Gasteiger charge is -2.11. The zero-order valence-electron chi connectivity index (χ0n) is 17.0. The van der Waals surface area contributed by atoms with Crippen LogP contribution in [0.15, 0.2) is 95.6 Å². The van der Waals surface area contributed by atoms with Crippen LogP contribution in [0.2, 0.25) is 0 Å². The average Bonchev–Trinajstić information content (AvgIpc) is 3.17. The summed E-state index contributed by atoms with van der Waals surface area (Å²) in [6.45, 7) is 0.436. The van der Waals surface area contributed by atoms with Crippen LogP contribution in [-0.2, 0) is 16.1 Å². The quantitative estimate of drug-likeness (QED) is 0.392. The maximum absolute atomic E-state index is 12.2. The van der Waals surface area contributed by atoms with E-state index in [4.69, 9.17) is 14.2 Å². The third-order valence-corrected chi connectivity index (χ3v) is 4.58. The number of aliphatic imine (C=N–C) groups is 1. The molecule has 3 aromatic carbocycles. The van der Waals surface area contributed by atoms with Crippen LogP contribution < -0.4 is 9.47 Å². The molecule has 1 heterocycles. The minimum atomic E-state index is -0.490. The van der Waals surface area contributed by atoms with Gasteiger partial charge in [0.05, 0.1) is 7.11 Å². The molecule has 3 aromatic rings. The van der Waals surface area contributed by atoms with Gasteiger partial charge in [-0.3, -0.25) is 0 Å². The minimum Gasteiger partial charge on any atom is -0.493 e. The molecule has 0 radical (unpaired) electrons. The van der Waals surface area contributed by atoms with Crippen molar-refractivity contribution in [2.24, 2.45) is 4.99 Å². The summed E-state index contributed by atoms with van der Waals surface area (Å²) in [4.78, 5) is 16.5. The lowest BCUT2D eigenvalue weighted by molar-refractivity contribution is -0.129. The van der Waals surface area contributed by atoms with Crippen LogP contribution in [0.3, 0.4) is 0 Å². The Morgan fingerprint density at radius 2 is 1.61 bits per heavy atom. The number of rotatable bonds is 7. The summed E-state index contributed by atoms with van der Waals surface area (Å²) < 4.78 is 16.6. The normalized spacial score (nSPS) is 14.5. The Bertz CT molecular complexity index is 1150. The molecule has 0 aliphatic carbocycles. The Labute approximate surface area is 180 Å². The van der Waals surface area contributed by atoms with Gasteiger partial charge in [0.25, 0.3) is 0 Å². The number of benzene rings is 3. The van der Waals surface area contributed by atoms with Crippen LogP contribution in [0.25, 0.3) is 12.2 Å². The highest BCUT2D eigenvalue weighted by Gasteiger charge is 2.21. The molecule has 5 nitrogen and oxygen atoms in total. The fourth-order valence-corrected chi connectivity index (χ4v) is 3.01. The molecule has 1 aliphatic heterocycles. The van der Waals surface area contributed by atoms with Crippen LogP contribution in [-0.4, -0.2) is 19.0 Å². The van der Waals surface area contributed by atoms with Gasteiger partial charge in [0, 0.05) is 6.08 Å². The molecular formula is C26H21NO4. The fourth-order valence-electron chi connectivity index (χ4n) is 3.01. The van der Waals surface area contributed by atoms with E-state index in [2.05, 4.69) is 4.99 Å². The van der Waals surface area contributed by atoms with E-state index in [1.54, 1.807) is 25.3 Å². The van der Waals surface area contributed by atoms with E-state index >= 15 is 0 Å². The lowest BCUT2D eigenvalue weighted by Crippen LogP contribution is -2.01. The summed E-state index contributed by atoms with van der Waals surface area (Å²) in [5, 5.41) is 0. The number of hydrogen-bond acceptors (Lipinski definition) is 5. The van der Waals surface area contributed by atoms with E-state index in [9.17, 15) is 4.79 Å². The predicted molar refractivity (Wildman–Crippen MR) is 121 cm³/mol. The van der Waals surface area contributed by atoms with Crippen molar-refractivity contribution in [2.45, 2.75) is 6.61 Å². The van der Waals surface area contributed by atoms with Gasteiger partial charge in [0.15, 0.2) is 17.2 Å². The molecule has 0 saturated carbocycles. The summed E-state index contributed by atoms with van der Waals surface area (Å²) in [6.07, 6.45) is 5.18. The molecule has 0 N–H and O–H groups in total. The third-order valence-electron chi connectivity index (χ3n) is 4.58. The Morgan fingerprint density at radius 3 is 2.35 bits per heavy atom. The van der Waals surface area contributed by atoms with Crippen LogP contribution in [0.4, 0.5) is 0 Å². The van der Waals surface area contributed by atoms with Gasteiger partial charge in [-0.1, -0.05) is 66.7 Å². The van der Waals surface area contributed by atoms with Gasteiger partial charge < -0.3 is 14.2 Å². The summed E-state index contributed by atoms with van der Waals surface area (Å²) >= 11 is 0. The first-order chi connectivity index (χ1) is 15.2. The largest absolute Gasteiger partial charge is 0.493 e. The van der Waals surface area contributed by atoms with E-state index < -0.39 is 5.97 Å². The van der Waals surface area contributed by atoms with E-state index in [0.717, 1.165) is 16.7 Å². The van der Waals surface area contributed by atoms with E-state index in [-0.39, 0.29) is 11.6 Å². The van der Waals surface area contributed by atoms with Gasteiger partial charge in [-0.25, -0.2) is 9.79 Å². The summed E-state index contributed by atoms with van der Waals surface area (Å²) in [7, 11) is 1.58. The van der Waals surface area contributed by atoms with E-state index in [0.29, 0.717) is 18.1 Å². The van der Waals surface area contributed by atoms with Crippen molar-refractivity contribution in [3.8, 4) is 11.5 Å². The zero-order valence-corrected chi connectivity index (χ0v) is 17.0. The zero-order chi connectivity index (χ0) is 21.5. The van der Waals surface area contributed by atoms with Crippen LogP contribution >= 0.6 is 0 Å². The maximum Gasteiger partial charge on any atom is 0.363 e. The van der Waals surface area contributed by atoms with Gasteiger partial charge in [-0.05, 0) is 41.0 Å². The van der Waals surface area contributed by atoms with Crippen LogP contribution in [0.5, 0.6) is 11.5 Å². The molecule has 0 fully saturated rings. The first kappa shape index (κ1) is 20.2. The van der Waals surface area contributed by atoms with Crippen molar-refractivity contribution in [3.63, 3.8) is 0 Å². The minimum absolute atomic E-state index is 0.229. The van der Waals surface area contributed by atoms with Gasteiger partial charge in [0.2, 0.25) is 5.90 Å². The summed E-state index contributed by atoms with van der Waals surface area (Å²) in [5.74, 6) is 0.966. The number of cyclic esters (lactones) is 1. The highest BCUT2D eigenvalue weighted by Crippen LogP contribution is 2.30. The van der Waals surface area contributed by atoms with Gasteiger partial charge >= 0.3 is 5.97 Å². The lowest BCUT2D eigenvalue weighted by atomic mass is 10.1. The SMILES string of the molecule is COc1cc(C=C2N=C(C=Cc3ccccc3)OC2=O)ccc1OCc1ccccc1. The highest BCUT2D eigenvalue weighted by atomic mass is 16.6. The molecular weight excluding hydrogens is 390 g/mol. The van der Waals surface area contributed by atoms with Gasteiger partial charge in [-0.2, -0.15) is 0 Å². The summed E-state index contributed by atoms with van der Waals surface area (Å²) in [5.41, 5.74) is 3.05. The number of nitrogens with zero attached hydrogens (tertiary/aromatic N) is 1. The van der Waals surface area contributed by atoms with Gasteiger partial charge in [-0.15, -0.1) is 0 Å². The molecule has 1 aliphatic rings. The molecule has 4 rings (SSSR count). The number of hydrogen-bond donors (Lipinski definition) is 0. The van der Waals surface area contributed by atoms with Crippen molar-refractivity contribution < 1.29 is 19.0 Å². The smallest absolute Gasteiger partial charge is 0.363 e. The second kappa shape index (κ2) is 9.59. The first-order valence-corrected chi connectivity index (χ1v) is 9.82. The number of methoxy groups -OCH3 is 1. The standard InChI is InChI=1S/C26H21NO4/c1-29-24-17-21(12-14-23(24)30-18-20-10-6-3-7-11-20)16-22-26(28)31-25(27-22)15-13-19-8-4-2-5-9-19/h2-17H,18H2,1H3. The van der Waals surface area contributed by atoms with Crippen molar-refractivity contribution in [2.75, 3.05) is 7.11 Å². The van der Waals surface area contributed by atoms with E-state index in [1.165, 1.54) is 0 Å². The molecule has 0 amide bonds. The van der Waals surface area contributed by atoms with Crippen molar-refractivity contribution >= 4 is 24.0 Å².